The maximum Gasteiger partial charge on any atom is 0.0832 e. The SMILES string of the molecule is O[C@H]1CN[C@@H]2CCN[C@H]12. The third kappa shape index (κ3) is 0.764. The van der Waals surface area contributed by atoms with Gasteiger partial charge < -0.3 is 15.7 Å². The zero-order valence-electron chi connectivity index (χ0n) is 5.30. The Morgan fingerprint density at radius 1 is 1.33 bits per heavy atom. The molecule has 0 aromatic rings. The first kappa shape index (κ1) is 5.65. The lowest BCUT2D eigenvalue weighted by Crippen LogP contribution is -2.36. The molecule has 2 aliphatic heterocycles. The highest BCUT2D eigenvalue weighted by Crippen LogP contribution is 2.15. The second-order valence-electron chi connectivity index (χ2n) is 2.85. The Labute approximate surface area is 54.4 Å². The van der Waals surface area contributed by atoms with Crippen molar-refractivity contribution in [1.29, 1.82) is 0 Å². The van der Waals surface area contributed by atoms with Crippen molar-refractivity contribution in [2.24, 2.45) is 0 Å². The van der Waals surface area contributed by atoms with E-state index in [0.29, 0.717) is 12.1 Å². The molecule has 2 saturated heterocycles. The molecule has 0 saturated carbocycles. The number of rotatable bonds is 0. The van der Waals surface area contributed by atoms with Crippen LogP contribution in [-0.4, -0.2) is 36.4 Å². The van der Waals surface area contributed by atoms with Crippen LogP contribution in [0.25, 0.3) is 0 Å². The van der Waals surface area contributed by atoms with Crippen molar-refractivity contribution >= 4 is 0 Å². The Morgan fingerprint density at radius 3 is 3.00 bits per heavy atom. The first-order chi connectivity index (χ1) is 4.38. The van der Waals surface area contributed by atoms with Crippen LogP contribution in [0.15, 0.2) is 0 Å². The van der Waals surface area contributed by atoms with Gasteiger partial charge in [-0.25, -0.2) is 0 Å². The van der Waals surface area contributed by atoms with Gasteiger partial charge in [-0.1, -0.05) is 0 Å². The van der Waals surface area contributed by atoms with Gasteiger partial charge in [0.15, 0.2) is 0 Å². The molecule has 52 valence electrons. The summed E-state index contributed by atoms with van der Waals surface area (Å²) in [5.74, 6) is 0. The summed E-state index contributed by atoms with van der Waals surface area (Å²) in [5.41, 5.74) is 0. The average Bonchev–Trinajstić information content (AvgIpc) is 2.35. The highest BCUT2D eigenvalue weighted by molar-refractivity contribution is 5.00. The highest BCUT2D eigenvalue weighted by Gasteiger charge is 2.37. The molecule has 0 aromatic carbocycles. The van der Waals surface area contributed by atoms with E-state index < -0.39 is 0 Å². The molecular formula is C6H12N2O. The second kappa shape index (κ2) is 1.94. The van der Waals surface area contributed by atoms with Crippen LogP contribution < -0.4 is 10.6 Å². The van der Waals surface area contributed by atoms with E-state index in [9.17, 15) is 5.11 Å². The predicted molar refractivity (Wildman–Crippen MR) is 34.2 cm³/mol. The summed E-state index contributed by atoms with van der Waals surface area (Å²) in [4.78, 5) is 0. The number of nitrogens with one attached hydrogen (secondary N) is 2. The zero-order chi connectivity index (χ0) is 6.27. The van der Waals surface area contributed by atoms with Crippen molar-refractivity contribution in [2.45, 2.75) is 24.6 Å². The van der Waals surface area contributed by atoms with E-state index in [4.69, 9.17) is 0 Å². The monoisotopic (exact) mass is 128 g/mol. The van der Waals surface area contributed by atoms with Gasteiger partial charge in [0.1, 0.15) is 0 Å². The molecule has 2 fully saturated rings. The van der Waals surface area contributed by atoms with E-state index in [0.717, 1.165) is 13.1 Å². The number of fused-ring (bicyclic) bond motifs is 1. The molecule has 3 atom stereocenters. The summed E-state index contributed by atoms with van der Waals surface area (Å²) in [6.07, 6.45) is 1.01. The standard InChI is InChI=1S/C6H12N2O/c9-5-3-8-4-1-2-7-6(4)5/h4-9H,1-3H2/t4-,5+,6+/m1/s1. The predicted octanol–water partition coefficient (Wildman–Crippen LogP) is -1.32. The van der Waals surface area contributed by atoms with Crippen molar-refractivity contribution < 1.29 is 5.11 Å². The molecule has 0 unspecified atom stereocenters. The summed E-state index contributed by atoms with van der Waals surface area (Å²) < 4.78 is 0. The fourth-order valence-electron chi connectivity index (χ4n) is 1.76. The molecule has 0 amide bonds. The Balaban J connectivity index is 2.07. The number of hydrogen-bond donors (Lipinski definition) is 3. The summed E-state index contributed by atoms with van der Waals surface area (Å²) in [6.45, 7) is 1.82. The molecular weight excluding hydrogens is 116 g/mol. The largest absolute Gasteiger partial charge is 0.390 e. The van der Waals surface area contributed by atoms with Crippen molar-refractivity contribution in [3.63, 3.8) is 0 Å². The van der Waals surface area contributed by atoms with Crippen molar-refractivity contribution in [3.05, 3.63) is 0 Å². The van der Waals surface area contributed by atoms with Crippen LogP contribution in [-0.2, 0) is 0 Å². The van der Waals surface area contributed by atoms with Crippen molar-refractivity contribution in [1.82, 2.24) is 10.6 Å². The fourth-order valence-corrected chi connectivity index (χ4v) is 1.76. The maximum absolute atomic E-state index is 9.27. The molecule has 0 aromatic heterocycles. The lowest BCUT2D eigenvalue weighted by molar-refractivity contribution is 0.166. The minimum atomic E-state index is -0.155. The minimum Gasteiger partial charge on any atom is -0.390 e. The number of β-amino-alcohol motifs (C(OH)–C–C–N with tert-alkyl or cyclic N) is 1. The van der Waals surface area contributed by atoms with Crippen LogP contribution in [0, 0.1) is 0 Å². The molecule has 3 nitrogen and oxygen atoms in total. The average molecular weight is 128 g/mol. The first-order valence-corrected chi connectivity index (χ1v) is 3.53. The van der Waals surface area contributed by atoms with E-state index in [2.05, 4.69) is 10.6 Å². The number of aliphatic hydroxyl groups excluding tert-OH is 1. The smallest absolute Gasteiger partial charge is 0.0832 e. The van der Waals surface area contributed by atoms with E-state index >= 15 is 0 Å². The molecule has 0 spiro atoms. The van der Waals surface area contributed by atoms with Crippen LogP contribution in [0.2, 0.25) is 0 Å². The normalized spacial score (nSPS) is 49.7. The minimum absolute atomic E-state index is 0.155. The Bertz CT molecular complexity index is 118. The summed E-state index contributed by atoms with van der Waals surface area (Å²) in [5, 5.41) is 15.8. The van der Waals surface area contributed by atoms with Crippen LogP contribution in [0.1, 0.15) is 6.42 Å². The van der Waals surface area contributed by atoms with Gasteiger partial charge >= 0.3 is 0 Å². The van der Waals surface area contributed by atoms with Gasteiger partial charge in [0.25, 0.3) is 0 Å². The van der Waals surface area contributed by atoms with Crippen molar-refractivity contribution in [3.8, 4) is 0 Å². The van der Waals surface area contributed by atoms with Crippen molar-refractivity contribution in [2.75, 3.05) is 13.1 Å². The Morgan fingerprint density at radius 2 is 2.22 bits per heavy atom. The highest BCUT2D eigenvalue weighted by atomic mass is 16.3. The summed E-state index contributed by atoms with van der Waals surface area (Å²) in [7, 11) is 0. The topological polar surface area (TPSA) is 44.3 Å². The molecule has 0 aliphatic carbocycles. The van der Waals surface area contributed by atoms with Crippen LogP contribution >= 0.6 is 0 Å². The van der Waals surface area contributed by atoms with E-state index in [1.807, 2.05) is 0 Å². The lowest BCUT2D eigenvalue weighted by atomic mass is 10.1. The van der Waals surface area contributed by atoms with Gasteiger partial charge in [-0.05, 0) is 13.0 Å². The Hall–Kier alpha value is -0.120. The quantitative estimate of drug-likeness (QED) is 0.379. The maximum atomic E-state index is 9.27. The van der Waals surface area contributed by atoms with Gasteiger partial charge in [-0.3, -0.25) is 0 Å². The fraction of sp³-hybridized carbons (Fsp3) is 1.00. The van der Waals surface area contributed by atoms with Gasteiger partial charge in [-0.15, -0.1) is 0 Å². The molecule has 2 heterocycles. The van der Waals surface area contributed by atoms with Gasteiger partial charge in [0, 0.05) is 18.6 Å². The zero-order valence-corrected chi connectivity index (χ0v) is 5.30. The molecule has 0 radical (unpaired) electrons. The lowest BCUT2D eigenvalue weighted by Gasteiger charge is -2.10. The summed E-state index contributed by atoms with van der Waals surface area (Å²) in [6, 6.07) is 0.880. The van der Waals surface area contributed by atoms with E-state index in [-0.39, 0.29) is 6.10 Å². The Kier molecular flexibility index (Phi) is 1.22. The third-order valence-electron chi connectivity index (χ3n) is 2.27. The first-order valence-electron chi connectivity index (χ1n) is 3.53. The second-order valence-corrected chi connectivity index (χ2v) is 2.85. The molecule has 3 heteroatoms. The third-order valence-corrected chi connectivity index (χ3v) is 2.27. The van der Waals surface area contributed by atoms with E-state index in [1.54, 1.807) is 0 Å². The van der Waals surface area contributed by atoms with Crippen LogP contribution in [0.4, 0.5) is 0 Å². The van der Waals surface area contributed by atoms with Gasteiger partial charge in [0.05, 0.1) is 6.10 Å². The molecule has 2 aliphatic rings. The molecule has 9 heavy (non-hydrogen) atoms. The molecule has 3 N–H and O–H groups in total. The van der Waals surface area contributed by atoms with E-state index in [1.165, 1.54) is 6.42 Å². The summed E-state index contributed by atoms with van der Waals surface area (Å²) >= 11 is 0. The molecule has 0 bridgehead atoms. The van der Waals surface area contributed by atoms with Gasteiger partial charge in [-0.2, -0.15) is 0 Å². The number of hydrogen-bond acceptors (Lipinski definition) is 3. The van der Waals surface area contributed by atoms with Crippen LogP contribution in [0.3, 0.4) is 0 Å². The molecule has 2 rings (SSSR count). The van der Waals surface area contributed by atoms with Gasteiger partial charge in [0.2, 0.25) is 0 Å². The van der Waals surface area contributed by atoms with Crippen LogP contribution in [0.5, 0.6) is 0 Å². The number of aliphatic hydroxyl groups is 1.